The summed E-state index contributed by atoms with van der Waals surface area (Å²) in [6.45, 7) is 5.52. The largest absolute Gasteiger partial charge is 0.443 e. The van der Waals surface area contributed by atoms with E-state index in [9.17, 15) is 4.79 Å². The van der Waals surface area contributed by atoms with E-state index >= 15 is 0 Å². The number of para-hydroxylation sites is 1. The minimum Gasteiger partial charge on any atom is -0.443 e. The van der Waals surface area contributed by atoms with Gasteiger partial charge < -0.3 is 9.84 Å². The monoisotopic (exact) mass is 262 g/mol. The van der Waals surface area contributed by atoms with Crippen molar-refractivity contribution in [3.05, 3.63) is 30.1 Å². The average molecular weight is 262 g/mol. The Labute approximate surface area is 111 Å². The van der Waals surface area contributed by atoms with Crippen LogP contribution in [0.2, 0.25) is 0 Å². The topological polar surface area (TPSA) is 64.4 Å². The van der Waals surface area contributed by atoms with E-state index in [-0.39, 0.29) is 6.61 Å². The number of aliphatic hydroxyl groups excluding tert-OH is 1. The van der Waals surface area contributed by atoms with Crippen molar-refractivity contribution in [2.75, 3.05) is 6.61 Å². The molecule has 5 nitrogen and oxygen atoms in total. The third-order valence-corrected chi connectivity index (χ3v) is 2.63. The molecule has 0 unspecified atom stereocenters. The van der Waals surface area contributed by atoms with E-state index in [1.165, 1.54) is 10.9 Å². The number of carbonyl (C=O) groups excluding carboxylic acids is 1. The molecule has 2 rings (SSSR count). The number of rotatable bonds is 2. The molecule has 0 atom stereocenters. The second kappa shape index (κ2) is 5.01. The van der Waals surface area contributed by atoms with Gasteiger partial charge in [0.2, 0.25) is 0 Å². The molecule has 0 radical (unpaired) electrons. The van der Waals surface area contributed by atoms with Gasteiger partial charge in [-0.15, -0.1) is 0 Å². The predicted octanol–water partition coefficient (Wildman–Crippen LogP) is 2.35. The van der Waals surface area contributed by atoms with E-state index in [0.29, 0.717) is 11.9 Å². The Hall–Kier alpha value is -1.88. The molecule has 0 bridgehead atoms. The van der Waals surface area contributed by atoms with E-state index in [1.807, 2.05) is 39.0 Å². The summed E-state index contributed by atoms with van der Waals surface area (Å²) in [5, 5.41) is 9.02. The van der Waals surface area contributed by atoms with Crippen LogP contribution in [-0.4, -0.2) is 33.0 Å². The van der Waals surface area contributed by atoms with Crippen LogP contribution in [-0.2, 0) is 11.2 Å². The predicted molar refractivity (Wildman–Crippen MR) is 72.2 cm³/mol. The quantitative estimate of drug-likeness (QED) is 0.902. The van der Waals surface area contributed by atoms with Crippen LogP contribution in [0.25, 0.3) is 11.0 Å². The highest BCUT2D eigenvalue weighted by Gasteiger charge is 2.19. The van der Waals surface area contributed by atoms with E-state index in [2.05, 4.69) is 4.98 Å². The standard InChI is InChI=1S/C14H18N2O3/c1-14(2,3)19-13(18)16-9-15-12-10(7-8-17)5-4-6-11(12)16/h4-6,9,17H,7-8H2,1-3H3. The number of nitrogens with zero attached hydrogens (tertiary/aromatic N) is 2. The molecule has 1 aromatic carbocycles. The maximum absolute atomic E-state index is 12.1. The summed E-state index contributed by atoms with van der Waals surface area (Å²) < 4.78 is 6.72. The Kier molecular flexibility index (Phi) is 3.57. The molecule has 0 fully saturated rings. The number of ether oxygens (including phenoxy) is 1. The molecule has 0 saturated heterocycles. The van der Waals surface area contributed by atoms with Crippen molar-refractivity contribution < 1.29 is 14.6 Å². The first-order chi connectivity index (χ1) is 8.92. The van der Waals surface area contributed by atoms with Gasteiger partial charge in [0.25, 0.3) is 0 Å². The van der Waals surface area contributed by atoms with Crippen molar-refractivity contribution in [3.8, 4) is 0 Å². The van der Waals surface area contributed by atoms with Crippen molar-refractivity contribution in [1.82, 2.24) is 9.55 Å². The van der Waals surface area contributed by atoms with E-state index < -0.39 is 11.7 Å². The van der Waals surface area contributed by atoms with Crippen LogP contribution in [0.5, 0.6) is 0 Å². The van der Waals surface area contributed by atoms with Crippen molar-refractivity contribution >= 4 is 17.1 Å². The summed E-state index contributed by atoms with van der Waals surface area (Å²) >= 11 is 0. The fourth-order valence-electron chi connectivity index (χ4n) is 1.88. The maximum Gasteiger partial charge on any atom is 0.420 e. The summed E-state index contributed by atoms with van der Waals surface area (Å²) in [7, 11) is 0. The summed E-state index contributed by atoms with van der Waals surface area (Å²) in [5.41, 5.74) is 1.79. The molecule has 1 heterocycles. The van der Waals surface area contributed by atoms with Gasteiger partial charge in [-0.25, -0.2) is 14.3 Å². The first-order valence-electron chi connectivity index (χ1n) is 6.21. The summed E-state index contributed by atoms with van der Waals surface area (Å²) in [6, 6.07) is 5.55. The maximum atomic E-state index is 12.1. The summed E-state index contributed by atoms with van der Waals surface area (Å²) in [4.78, 5) is 16.3. The highest BCUT2D eigenvalue weighted by atomic mass is 16.6. The highest BCUT2D eigenvalue weighted by molar-refractivity contribution is 5.88. The lowest BCUT2D eigenvalue weighted by molar-refractivity contribution is 0.0543. The van der Waals surface area contributed by atoms with Gasteiger partial charge in [0.1, 0.15) is 11.9 Å². The normalized spacial score (nSPS) is 11.8. The number of benzene rings is 1. The molecule has 0 aliphatic rings. The van der Waals surface area contributed by atoms with E-state index in [0.717, 1.165) is 11.1 Å². The number of imidazole rings is 1. The minimum absolute atomic E-state index is 0.0540. The minimum atomic E-state index is -0.545. The zero-order valence-corrected chi connectivity index (χ0v) is 11.4. The van der Waals surface area contributed by atoms with Crippen molar-refractivity contribution in [3.63, 3.8) is 0 Å². The number of hydrogen-bond acceptors (Lipinski definition) is 4. The SMILES string of the molecule is CC(C)(C)OC(=O)n1cnc2c(CCO)cccc21. The zero-order valence-electron chi connectivity index (χ0n) is 11.4. The molecule has 2 aromatic rings. The lowest BCUT2D eigenvalue weighted by Crippen LogP contribution is -2.26. The molecule has 5 heteroatoms. The van der Waals surface area contributed by atoms with Crippen molar-refractivity contribution in [2.45, 2.75) is 32.8 Å². The molecular formula is C14H18N2O3. The van der Waals surface area contributed by atoms with Gasteiger partial charge in [-0.3, -0.25) is 0 Å². The lowest BCUT2D eigenvalue weighted by Gasteiger charge is -2.19. The first-order valence-corrected chi connectivity index (χ1v) is 6.21. The number of carbonyl (C=O) groups is 1. The van der Waals surface area contributed by atoms with Crippen LogP contribution in [0.3, 0.4) is 0 Å². The summed E-state index contributed by atoms with van der Waals surface area (Å²) in [5.74, 6) is 0. The number of aliphatic hydroxyl groups is 1. The van der Waals surface area contributed by atoms with Crippen LogP contribution in [0.4, 0.5) is 4.79 Å². The summed E-state index contributed by atoms with van der Waals surface area (Å²) in [6.07, 6.45) is 1.53. The lowest BCUT2D eigenvalue weighted by atomic mass is 10.1. The second-order valence-corrected chi connectivity index (χ2v) is 5.35. The van der Waals surface area contributed by atoms with Gasteiger partial charge in [0.15, 0.2) is 0 Å². The van der Waals surface area contributed by atoms with Crippen molar-refractivity contribution in [1.29, 1.82) is 0 Å². The molecular weight excluding hydrogens is 244 g/mol. The van der Waals surface area contributed by atoms with Crippen LogP contribution in [0.15, 0.2) is 24.5 Å². The highest BCUT2D eigenvalue weighted by Crippen LogP contribution is 2.19. The van der Waals surface area contributed by atoms with Crippen LogP contribution in [0, 0.1) is 0 Å². The fourth-order valence-corrected chi connectivity index (χ4v) is 1.88. The molecule has 1 N–H and O–H groups in total. The molecule has 102 valence electrons. The van der Waals surface area contributed by atoms with Crippen LogP contribution in [0.1, 0.15) is 26.3 Å². The smallest absolute Gasteiger partial charge is 0.420 e. The number of aromatic nitrogens is 2. The molecule has 0 saturated carbocycles. The Morgan fingerprint density at radius 2 is 2.16 bits per heavy atom. The van der Waals surface area contributed by atoms with Gasteiger partial charge in [-0.2, -0.15) is 0 Å². The fraction of sp³-hybridized carbons (Fsp3) is 0.429. The van der Waals surface area contributed by atoms with Crippen molar-refractivity contribution in [2.24, 2.45) is 0 Å². The molecule has 19 heavy (non-hydrogen) atoms. The number of hydrogen-bond donors (Lipinski definition) is 1. The Balaban J connectivity index is 2.41. The Morgan fingerprint density at radius 1 is 1.42 bits per heavy atom. The molecule has 0 aliphatic heterocycles. The van der Waals surface area contributed by atoms with Gasteiger partial charge in [-0.05, 0) is 38.8 Å². The first kappa shape index (κ1) is 13.5. The van der Waals surface area contributed by atoms with Crippen LogP contribution >= 0.6 is 0 Å². The van der Waals surface area contributed by atoms with Crippen LogP contribution < -0.4 is 0 Å². The van der Waals surface area contributed by atoms with Gasteiger partial charge in [-0.1, -0.05) is 12.1 Å². The Morgan fingerprint density at radius 3 is 2.79 bits per heavy atom. The third-order valence-electron chi connectivity index (χ3n) is 2.63. The van der Waals surface area contributed by atoms with E-state index in [4.69, 9.17) is 9.84 Å². The molecule has 1 aromatic heterocycles. The zero-order chi connectivity index (χ0) is 14.0. The van der Waals surface area contributed by atoms with Gasteiger partial charge in [0, 0.05) is 6.61 Å². The molecule has 0 amide bonds. The van der Waals surface area contributed by atoms with Gasteiger partial charge >= 0.3 is 6.09 Å². The van der Waals surface area contributed by atoms with E-state index in [1.54, 1.807) is 0 Å². The molecule has 0 aliphatic carbocycles. The second-order valence-electron chi connectivity index (χ2n) is 5.35. The average Bonchev–Trinajstić information content (AvgIpc) is 2.72. The number of fused-ring (bicyclic) bond motifs is 1. The third kappa shape index (κ3) is 2.93. The van der Waals surface area contributed by atoms with Gasteiger partial charge in [0.05, 0.1) is 11.0 Å². The Bertz CT molecular complexity index is 596. The molecule has 0 spiro atoms.